The lowest BCUT2D eigenvalue weighted by Gasteiger charge is -2.48. The van der Waals surface area contributed by atoms with Crippen LogP contribution in [-0.4, -0.2) is 75.6 Å². The van der Waals surface area contributed by atoms with Gasteiger partial charge in [-0.05, 0) is 83.7 Å². The van der Waals surface area contributed by atoms with E-state index in [2.05, 4.69) is 93.5 Å². The fourth-order valence-corrected chi connectivity index (χ4v) is 6.96. The van der Waals surface area contributed by atoms with Crippen LogP contribution in [-0.2, 0) is 52.1 Å². The Morgan fingerprint density at radius 2 is 0.922 bits per heavy atom. The van der Waals surface area contributed by atoms with Crippen molar-refractivity contribution in [2.45, 2.75) is 132 Å². The monoisotopic (exact) mass is 712 g/mol. The Balaban J connectivity index is 1.14. The molecule has 51 heavy (non-hydrogen) atoms. The number of aromatic hydroxyl groups is 2. The fourth-order valence-electron chi connectivity index (χ4n) is 6.96. The van der Waals surface area contributed by atoms with Crippen LogP contribution in [0, 0.1) is 30.1 Å². The van der Waals surface area contributed by atoms with Gasteiger partial charge in [-0.2, -0.15) is 0 Å². The van der Waals surface area contributed by atoms with E-state index < -0.39 is 0 Å². The topological polar surface area (TPSA) is 95.8 Å². The lowest BCUT2D eigenvalue weighted by Crippen LogP contribution is -2.57. The lowest BCUT2D eigenvalue weighted by molar-refractivity contribution is -0.338. The molecule has 2 aromatic carbocycles. The molecular weight excluding hydrogens is 644 g/mol. The molecule has 0 amide bonds. The van der Waals surface area contributed by atoms with Crippen molar-refractivity contribution in [1.29, 1.82) is 0 Å². The van der Waals surface area contributed by atoms with Crippen LogP contribution in [0.3, 0.4) is 0 Å². The molecule has 2 N–H and O–H groups in total. The maximum Gasteiger partial charge on any atom is 0.164 e. The van der Waals surface area contributed by atoms with Gasteiger partial charge in [0.25, 0.3) is 0 Å². The standard InChI is InChI=1S/C43H68O8/c1-29-19-31(21-33(35(29)44)39(3,4)5)15-13-17-46-23-41(9,10)37-48-25-43(26-49-37)27-50-38(51-28-43)42(11,12)24-47-18-14-16-32-20-30(2)36(45)34(22-32)40(6,7)8/h19-22,37-38,44-45H,13-18,23-28H2,1-12H3. The molecule has 2 heterocycles. The van der Waals surface area contributed by atoms with E-state index in [1.807, 2.05) is 13.8 Å². The zero-order chi connectivity index (χ0) is 37.8. The number of phenolic OH excluding ortho intramolecular Hbond substituents is 2. The van der Waals surface area contributed by atoms with Gasteiger partial charge in [-0.1, -0.05) is 93.5 Å². The highest BCUT2D eigenvalue weighted by atomic mass is 16.7. The van der Waals surface area contributed by atoms with Crippen molar-refractivity contribution >= 4 is 0 Å². The molecule has 8 nitrogen and oxygen atoms in total. The van der Waals surface area contributed by atoms with Gasteiger partial charge in [-0.3, -0.25) is 0 Å². The normalized spacial score (nSPS) is 22.1. The molecule has 4 rings (SSSR count). The van der Waals surface area contributed by atoms with Gasteiger partial charge >= 0.3 is 0 Å². The van der Waals surface area contributed by atoms with E-state index >= 15 is 0 Å². The van der Waals surface area contributed by atoms with Gasteiger partial charge in [-0.25, -0.2) is 0 Å². The number of phenols is 2. The quantitative estimate of drug-likeness (QED) is 0.188. The van der Waals surface area contributed by atoms with Crippen molar-refractivity contribution in [3.63, 3.8) is 0 Å². The minimum Gasteiger partial charge on any atom is -0.507 e. The van der Waals surface area contributed by atoms with Crippen LogP contribution in [0.1, 0.15) is 115 Å². The molecule has 2 aliphatic rings. The number of aryl methyl sites for hydroxylation is 4. The summed E-state index contributed by atoms with van der Waals surface area (Å²) in [6.45, 7) is 29.6. The SMILES string of the molecule is Cc1cc(CCCOCC(C)(C)C2OCC3(CO2)COC(C(C)(C)COCCCc2cc(C)c(O)c(C(C)(C)C)c2)OC3)cc(C(C)(C)C)c1O. The molecule has 0 saturated carbocycles. The number of ether oxygens (including phenoxy) is 6. The Hall–Kier alpha value is -2.20. The second-order valence-corrected chi connectivity index (χ2v) is 18.8. The summed E-state index contributed by atoms with van der Waals surface area (Å²) >= 11 is 0. The highest BCUT2D eigenvalue weighted by Crippen LogP contribution is 2.39. The van der Waals surface area contributed by atoms with E-state index in [9.17, 15) is 10.2 Å². The summed E-state index contributed by atoms with van der Waals surface area (Å²) < 4.78 is 37.4. The van der Waals surface area contributed by atoms with Crippen molar-refractivity contribution in [2.24, 2.45) is 16.2 Å². The van der Waals surface area contributed by atoms with E-state index in [1.54, 1.807) is 0 Å². The first-order chi connectivity index (χ1) is 23.6. The maximum absolute atomic E-state index is 10.5. The minimum absolute atomic E-state index is 0.110. The van der Waals surface area contributed by atoms with Gasteiger partial charge in [0, 0.05) is 24.0 Å². The van der Waals surface area contributed by atoms with Gasteiger partial charge in [0.1, 0.15) is 11.5 Å². The van der Waals surface area contributed by atoms with E-state index in [4.69, 9.17) is 28.4 Å². The fraction of sp³-hybridized carbons (Fsp3) is 0.721. The van der Waals surface area contributed by atoms with E-state index in [-0.39, 0.29) is 39.7 Å². The Labute approximate surface area is 308 Å². The van der Waals surface area contributed by atoms with Gasteiger partial charge in [0.2, 0.25) is 0 Å². The lowest BCUT2D eigenvalue weighted by atomic mass is 9.83. The second-order valence-electron chi connectivity index (χ2n) is 18.8. The van der Waals surface area contributed by atoms with Gasteiger partial charge in [0.15, 0.2) is 12.6 Å². The summed E-state index contributed by atoms with van der Waals surface area (Å²) in [7, 11) is 0. The van der Waals surface area contributed by atoms with Crippen LogP contribution in [0.5, 0.6) is 11.5 Å². The van der Waals surface area contributed by atoms with Crippen LogP contribution >= 0.6 is 0 Å². The number of benzene rings is 2. The van der Waals surface area contributed by atoms with Crippen LogP contribution in [0.4, 0.5) is 0 Å². The van der Waals surface area contributed by atoms with Crippen LogP contribution in [0.15, 0.2) is 24.3 Å². The van der Waals surface area contributed by atoms with Gasteiger partial charge in [0.05, 0.1) is 45.1 Å². The van der Waals surface area contributed by atoms with Crippen molar-refractivity contribution in [2.75, 3.05) is 52.9 Å². The number of rotatable bonds is 14. The van der Waals surface area contributed by atoms with E-state index in [0.29, 0.717) is 64.4 Å². The molecule has 0 radical (unpaired) electrons. The first-order valence-electron chi connectivity index (χ1n) is 18.9. The van der Waals surface area contributed by atoms with Crippen molar-refractivity contribution in [3.8, 4) is 11.5 Å². The molecule has 0 aliphatic carbocycles. The van der Waals surface area contributed by atoms with E-state index in [1.165, 1.54) is 11.1 Å². The first kappa shape index (κ1) is 41.6. The first-order valence-corrected chi connectivity index (χ1v) is 18.9. The van der Waals surface area contributed by atoms with Gasteiger partial charge < -0.3 is 38.6 Å². The summed E-state index contributed by atoms with van der Waals surface area (Å²) in [4.78, 5) is 0. The molecule has 0 bridgehead atoms. The molecular formula is C43H68O8. The van der Waals surface area contributed by atoms with Crippen molar-refractivity contribution < 1.29 is 38.6 Å². The molecule has 8 heteroatoms. The maximum atomic E-state index is 10.5. The molecule has 2 fully saturated rings. The summed E-state index contributed by atoms with van der Waals surface area (Å²) in [5.74, 6) is 0.802. The Morgan fingerprint density at radius 1 is 0.588 bits per heavy atom. The van der Waals surface area contributed by atoms with Crippen LogP contribution in [0.2, 0.25) is 0 Å². The summed E-state index contributed by atoms with van der Waals surface area (Å²) in [5, 5.41) is 21.1. The van der Waals surface area contributed by atoms with Crippen molar-refractivity contribution in [1.82, 2.24) is 0 Å². The Bertz CT molecular complexity index is 1320. The largest absolute Gasteiger partial charge is 0.507 e. The zero-order valence-electron chi connectivity index (χ0n) is 33.8. The molecule has 0 aromatic heterocycles. The molecule has 2 aromatic rings. The van der Waals surface area contributed by atoms with E-state index in [0.717, 1.165) is 47.9 Å². The predicted octanol–water partition coefficient (Wildman–Crippen LogP) is 8.69. The Kier molecular flexibility index (Phi) is 13.4. The number of hydrogen-bond acceptors (Lipinski definition) is 8. The third-order valence-corrected chi connectivity index (χ3v) is 10.2. The highest BCUT2D eigenvalue weighted by Gasteiger charge is 2.47. The second kappa shape index (κ2) is 16.4. The molecule has 1 spiro atoms. The van der Waals surface area contributed by atoms with Crippen LogP contribution in [0.25, 0.3) is 0 Å². The third-order valence-electron chi connectivity index (χ3n) is 10.2. The van der Waals surface area contributed by atoms with Crippen molar-refractivity contribution in [3.05, 3.63) is 57.6 Å². The average Bonchev–Trinajstić information content (AvgIpc) is 3.03. The predicted molar refractivity (Wildman–Crippen MR) is 203 cm³/mol. The summed E-state index contributed by atoms with van der Waals surface area (Å²) in [5.41, 5.74) is 5.10. The molecule has 2 aliphatic heterocycles. The molecule has 2 saturated heterocycles. The zero-order valence-corrected chi connectivity index (χ0v) is 33.8. The van der Waals surface area contributed by atoms with Crippen LogP contribution < -0.4 is 0 Å². The number of hydrogen-bond donors (Lipinski definition) is 2. The average molecular weight is 713 g/mol. The third kappa shape index (κ3) is 10.9. The minimum atomic E-state index is -0.370. The summed E-state index contributed by atoms with van der Waals surface area (Å²) in [6, 6.07) is 8.42. The Morgan fingerprint density at radius 3 is 1.24 bits per heavy atom. The van der Waals surface area contributed by atoms with Gasteiger partial charge in [-0.15, -0.1) is 0 Å². The molecule has 0 unspecified atom stereocenters. The molecule has 0 atom stereocenters. The smallest absolute Gasteiger partial charge is 0.164 e. The molecule has 288 valence electrons. The highest BCUT2D eigenvalue weighted by molar-refractivity contribution is 5.47. The summed E-state index contributed by atoms with van der Waals surface area (Å²) in [6.07, 6.45) is 2.85.